The highest BCUT2D eigenvalue weighted by molar-refractivity contribution is 8.00. The van der Waals surface area contributed by atoms with E-state index in [1.54, 1.807) is 6.07 Å². The van der Waals surface area contributed by atoms with E-state index in [1.807, 2.05) is 0 Å². The van der Waals surface area contributed by atoms with Crippen LogP contribution in [0.5, 0.6) is 0 Å². The molecule has 1 aliphatic heterocycles. The lowest BCUT2D eigenvalue weighted by Gasteiger charge is -2.14. The molecule has 1 heterocycles. The van der Waals surface area contributed by atoms with Crippen molar-refractivity contribution in [3.63, 3.8) is 0 Å². The molecule has 2 N–H and O–H groups in total. The normalized spacial score (nSPS) is 18.6. The zero-order valence-electron chi connectivity index (χ0n) is 10.0. The van der Waals surface area contributed by atoms with Crippen LogP contribution >= 0.6 is 11.8 Å². The van der Waals surface area contributed by atoms with Crippen LogP contribution in [0.25, 0.3) is 0 Å². The highest BCUT2D eigenvalue weighted by Crippen LogP contribution is 2.29. The number of nitrogens with zero attached hydrogens (tertiary/aromatic N) is 1. The van der Waals surface area contributed by atoms with Crippen LogP contribution in [0.1, 0.15) is 6.42 Å². The smallest absolute Gasteiger partial charge is 0.247 e. The van der Waals surface area contributed by atoms with Crippen LogP contribution in [0.4, 0.5) is 10.1 Å². The number of amides is 2. The molecule has 0 radical (unpaired) electrons. The van der Waals surface area contributed by atoms with Gasteiger partial charge in [0.15, 0.2) is 0 Å². The number of halogens is 2. The van der Waals surface area contributed by atoms with Gasteiger partial charge in [0, 0.05) is 18.7 Å². The van der Waals surface area contributed by atoms with E-state index in [4.69, 9.17) is 5.73 Å². The number of hydrogen-bond acceptors (Lipinski definition) is 4. The van der Waals surface area contributed by atoms with Crippen molar-refractivity contribution in [3.05, 3.63) is 30.1 Å². The molecular weight excluding hydrogens is 291 g/mol. The first kappa shape index (κ1) is 15.9. The number of carbonyl (C=O) groups excluding carboxylic acids is 2. The summed E-state index contributed by atoms with van der Waals surface area (Å²) in [6.07, 6.45) is 0.153. The van der Waals surface area contributed by atoms with Crippen LogP contribution in [-0.2, 0) is 9.59 Å². The number of imide groups is 1. The van der Waals surface area contributed by atoms with E-state index >= 15 is 0 Å². The van der Waals surface area contributed by atoms with E-state index < -0.39 is 11.1 Å². The van der Waals surface area contributed by atoms with Gasteiger partial charge in [0.25, 0.3) is 0 Å². The summed E-state index contributed by atoms with van der Waals surface area (Å²) < 4.78 is 13.1. The van der Waals surface area contributed by atoms with Gasteiger partial charge in [0.2, 0.25) is 11.8 Å². The van der Waals surface area contributed by atoms with Crippen LogP contribution in [-0.4, -0.2) is 29.4 Å². The molecule has 1 atom stereocenters. The first-order valence-corrected chi connectivity index (χ1v) is 6.62. The number of rotatable bonds is 4. The van der Waals surface area contributed by atoms with Gasteiger partial charge < -0.3 is 18.1 Å². The van der Waals surface area contributed by atoms with E-state index in [0.29, 0.717) is 18.0 Å². The first-order valence-electron chi connectivity index (χ1n) is 5.57. The predicted molar refractivity (Wildman–Crippen MR) is 68.8 cm³/mol. The Morgan fingerprint density at radius 2 is 2.16 bits per heavy atom. The zero-order valence-corrected chi connectivity index (χ0v) is 11.6. The third kappa shape index (κ3) is 3.46. The number of thioether (sulfide) groups is 1. The molecule has 1 aliphatic rings. The van der Waals surface area contributed by atoms with Crippen molar-refractivity contribution in [2.24, 2.45) is 5.73 Å². The lowest BCUT2D eigenvalue weighted by molar-refractivity contribution is -0.121. The Kier molecular flexibility index (Phi) is 5.78. The van der Waals surface area contributed by atoms with Crippen LogP contribution in [0, 0.1) is 5.82 Å². The van der Waals surface area contributed by atoms with Crippen LogP contribution in [0.2, 0.25) is 0 Å². The Labute approximate surface area is 120 Å². The highest BCUT2D eigenvalue weighted by Gasteiger charge is 2.39. The Balaban J connectivity index is 0.00000180. The Morgan fingerprint density at radius 1 is 1.42 bits per heavy atom. The summed E-state index contributed by atoms with van der Waals surface area (Å²) in [5, 5.41) is -0.399. The molecule has 104 valence electrons. The molecule has 0 bridgehead atoms. The minimum atomic E-state index is -0.467. The summed E-state index contributed by atoms with van der Waals surface area (Å²) in [6.45, 7) is 0.461. The fourth-order valence-electron chi connectivity index (χ4n) is 1.83. The van der Waals surface area contributed by atoms with Crippen molar-refractivity contribution in [2.45, 2.75) is 11.7 Å². The standard InChI is InChI=1S/C12H13FN2O2S.ClH/c13-8-2-1-3-9(6-8)15-11(16)7-10(12(15)17)18-5-4-14;/h1-3,6,10H,4-5,7,14H2;1H/p-1. The second-order valence-corrected chi connectivity index (χ2v) is 5.21. The fraction of sp³-hybridized carbons (Fsp3) is 0.333. The minimum Gasteiger partial charge on any atom is -1.00 e. The largest absolute Gasteiger partial charge is 1.00 e. The molecule has 1 aromatic rings. The number of carbonyl (C=O) groups is 2. The summed E-state index contributed by atoms with van der Waals surface area (Å²) in [5.74, 6) is -0.420. The van der Waals surface area contributed by atoms with Gasteiger partial charge in [-0.3, -0.25) is 9.59 Å². The topological polar surface area (TPSA) is 63.4 Å². The Bertz CT molecular complexity index is 487. The SMILES string of the molecule is NCCSC1CC(=O)N(c2cccc(F)c2)C1=O.[Cl-]. The maximum absolute atomic E-state index is 13.1. The van der Waals surface area contributed by atoms with Crippen molar-refractivity contribution in [1.29, 1.82) is 0 Å². The number of anilines is 1. The van der Waals surface area contributed by atoms with Gasteiger partial charge in [-0.1, -0.05) is 6.07 Å². The second kappa shape index (κ2) is 6.88. The third-order valence-corrected chi connectivity index (χ3v) is 3.85. The average molecular weight is 304 g/mol. The third-order valence-electron chi connectivity index (χ3n) is 2.61. The van der Waals surface area contributed by atoms with E-state index in [0.717, 1.165) is 4.90 Å². The summed E-state index contributed by atoms with van der Waals surface area (Å²) in [5.41, 5.74) is 5.66. The molecule has 1 unspecified atom stereocenters. The van der Waals surface area contributed by atoms with E-state index in [-0.39, 0.29) is 30.6 Å². The number of nitrogens with two attached hydrogens (primary N) is 1. The van der Waals surface area contributed by atoms with E-state index in [2.05, 4.69) is 0 Å². The van der Waals surface area contributed by atoms with Crippen LogP contribution < -0.4 is 23.0 Å². The van der Waals surface area contributed by atoms with Gasteiger partial charge in [-0.25, -0.2) is 9.29 Å². The predicted octanol–water partition coefficient (Wildman–Crippen LogP) is -1.85. The summed E-state index contributed by atoms with van der Waals surface area (Å²) in [4.78, 5) is 24.9. The lowest BCUT2D eigenvalue weighted by atomic mass is 10.3. The van der Waals surface area contributed by atoms with Crippen LogP contribution in [0.15, 0.2) is 24.3 Å². The first-order chi connectivity index (χ1) is 8.63. The fourth-order valence-corrected chi connectivity index (χ4v) is 2.76. The Hall–Kier alpha value is -1.11. The van der Waals surface area contributed by atoms with Gasteiger partial charge in [0.05, 0.1) is 10.9 Å². The summed E-state index contributed by atoms with van der Waals surface area (Å²) >= 11 is 1.37. The molecule has 0 aromatic heterocycles. The summed E-state index contributed by atoms with van der Waals surface area (Å²) in [6, 6.07) is 5.49. The lowest BCUT2D eigenvalue weighted by Crippen LogP contribution is -3.00. The quantitative estimate of drug-likeness (QED) is 0.664. The molecule has 4 nitrogen and oxygen atoms in total. The number of hydrogen-bond donors (Lipinski definition) is 1. The summed E-state index contributed by atoms with van der Waals surface area (Å²) in [7, 11) is 0. The van der Waals surface area contributed by atoms with Gasteiger partial charge >= 0.3 is 0 Å². The maximum atomic E-state index is 13.1. The second-order valence-electron chi connectivity index (χ2n) is 3.90. The van der Waals surface area contributed by atoms with Crippen molar-refractivity contribution in [2.75, 3.05) is 17.2 Å². The molecule has 1 aromatic carbocycles. The molecule has 0 spiro atoms. The molecule has 7 heteroatoms. The molecule has 2 amide bonds. The van der Waals surface area contributed by atoms with E-state index in [9.17, 15) is 14.0 Å². The van der Waals surface area contributed by atoms with Gasteiger partial charge in [0.1, 0.15) is 5.82 Å². The highest BCUT2D eigenvalue weighted by atomic mass is 35.5. The van der Waals surface area contributed by atoms with Crippen molar-refractivity contribution in [1.82, 2.24) is 0 Å². The molecule has 19 heavy (non-hydrogen) atoms. The molecule has 2 rings (SSSR count). The average Bonchev–Trinajstić information content (AvgIpc) is 2.62. The van der Waals surface area contributed by atoms with Crippen molar-refractivity contribution < 1.29 is 26.4 Å². The monoisotopic (exact) mass is 303 g/mol. The minimum absolute atomic E-state index is 0. The molecule has 1 fully saturated rings. The van der Waals surface area contributed by atoms with E-state index in [1.165, 1.54) is 30.0 Å². The maximum Gasteiger partial charge on any atom is 0.247 e. The van der Waals surface area contributed by atoms with Gasteiger partial charge in [-0.2, -0.15) is 0 Å². The number of benzene rings is 1. The molecule has 0 saturated carbocycles. The zero-order chi connectivity index (χ0) is 13.1. The molecular formula is C12H13ClFN2O2S-. The van der Waals surface area contributed by atoms with Crippen molar-refractivity contribution >= 4 is 29.3 Å². The van der Waals surface area contributed by atoms with Crippen LogP contribution in [0.3, 0.4) is 0 Å². The molecule has 1 saturated heterocycles. The Morgan fingerprint density at radius 3 is 2.79 bits per heavy atom. The molecule has 0 aliphatic carbocycles. The van der Waals surface area contributed by atoms with Gasteiger partial charge in [-0.05, 0) is 18.2 Å². The van der Waals surface area contributed by atoms with Crippen molar-refractivity contribution in [3.8, 4) is 0 Å². The van der Waals surface area contributed by atoms with Gasteiger partial charge in [-0.15, -0.1) is 11.8 Å².